The van der Waals surface area contributed by atoms with E-state index in [2.05, 4.69) is 22.5 Å². The zero-order valence-corrected chi connectivity index (χ0v) is 11.7. The van der Waals surface area contributed by atoms with Crippen molar-refractivity contribution in [1.29, 1.82) is 0 Å². The van der Waals surface area contributed by atoms with Crippen molar-refractivity contribution in [2.75, 3.05) is 18.9 Å². The van der Waals surface area contributed by atoms with Gasteiger partial charge < -0.3 is 10.6 Å². The van der Waals surface area contributed by atoms with Gasteiger partial charge in [-0.2, -0.15) is 0 Å². The molecule has 1 heterocycles. The van der Waals surface area contributed by atoms with Crippen molar-refractivity contribution in [2.24, 2.45) is 0 Å². The second kappa shape index (κ2) is 7.93. The Bertz CT molecular complexity index is 396. The van der Waals surface area contributed by atoms with Gasteiger partial charge in [0.05, 0.1) is 10.6 Å². The quantitative estimate of drug-likeness (QED) is 0.748. The summed E-state index contributed by atoms with van der Waals surface area (Å²) in [6, 6.07) is 1.66. The summed E-state index contributed by atoms with van der Waals surface area (Å²) >= 11 is 5.96. The van der Waals surface area contributed by atoms with Gasteiger partial charge >= 0.3 is 0 Å². The fourth-order valence-electron chi connectivity index (χ4n) is 1.60. The number of pyridine rings is 1. The van der Waals surface area contributed by atoms with E-state index in [0.29, 0.717) is 22.9 Å². The summed E-state index contributed by atoms with van der Waals surface area (Å²) in [6.45, 7) is 2.85. The number of halogens is 1. The van der Waals surface area contributed by atoms with Gasteiger partial charge in [0.15, 0.2) is 0 Å². The van der Waals surface area contributed by atoms with Crippen LogP contribution < -0.4 is 10.6 Å². The van der Waals surface area contributed by atoms with E-state index in [9.17, 15) is 4.79 Å². The van der Waals surface area contributed by atoms with Crippen LogP contribution in [0.2, 0.25) is 5.02 Å². The summed E-state index contributed by atoms with van der Waals surface area (Å²) in [4.78, 5) is 16.0. The Labute approximate surface area is 113 Å². The molecule has 1 aromatic heterocycles. The first kappa shape index (κ1) is 14.8. The molecule has 0 aliphatic heterocycles. The Morgan fingerprint density at radius 2 is 2.17 bits per heavy atom. The van der Waals surface area contributed by atoms with Gasteiger partial charge in [-0.15, -0.1) is 0 Å². The van der Waals surface area contributed by atoms with Gasteiger partial charge in [0.2, 0.25) is 0 Å². The Hall–Kier alpha value is -1.29. The van der Waals surface area contributed by atoms with Crippen molar-refractivity contribution in [3.8, 4) is 0 Å². The zero-order chi connectivity index (χ0) is 13.4. The van der Waals surface area contributed by atoms with Gasteiger partial charge in [-0.05, 0) is 12.5 Å². The summed E-state index contributed by atoms with van der Waals surface area (Å²) in [7, 11) is 1.75. The van der Waals surface area contributed by atoms with Crippen LogP contribution in [0, 0.1) is 0 Å². The highest BCUT2D eigenvalue weighted by atomic mass is 35.5. The fraction of sp³-hybridized carbons (Fsp3) is 0.538. The molecule has 0 unspecified atom stereocenters. The number of carbonyl (C=O) groups excluding carboxylic acids is 1. The molecule has 2 N–H and O–H groups in total. The number of aromatic nitrogens is 1. The smallest absolute Gasteiger partial charge is 0.252 e. The van der Waals surface area contributed by atoms with Crippen molar-refractivity contribution in [3.63, 3.8) is 0 Å². The van der Waals surface area contributed by atoms with E-state index < -0.39 is 0 Å². The summed E-state index contributed by atoms with van der Waals surface area (Å²) in [5, 5.41) is 6.13. The second-order valence-electron chi connectivity index (χ2n) is 4.12. The molecule has 5 heteroatoms. The molecule has 18 heavy (non-hydrogen) atoms. The van der Waals surface area contributed by atoms with E-state index in [1.54, 1.807) is 13.1 Å². The van der Waals surface area contributed by atoms with Crippen molar-refractivity contribution in [2.45, 2.75) is 32.6 Å². The van der Waals surface area contributed by atoms with Gasteiger partial charge in [0.1, 0.15) is 5.82 Å². The van der Waals surface area contributed by atoms with Crippen LogP contribution in [-0.4, -0.2) is 24.5 Å². The number of hydrogen-bond donors (Lipinski definition) is 2. The Morgan fingerprint density at radius 1 is 1.39 bits per heavy atom. The zero-order valence-electron chi connectivity index (χ0n) is 10.9. The molecule has 1 aromatic rings. The number of carbonyl (C=O) groups is 1. The first-order valence-electron chi connectivity index (χ1n) is 6.30. The second-order valence-corrected chi connectivity index (χ2v) is 4.52. The van der Waals surface area contributed by atoms with E-state index in [1.807, 2.05) is 0 Å². The van der Waals surface area contributed by atoms with Crippen LogP contribution in [0.4, 0.5) is 5.82 Å². The lowest BCUT2D eigenvalue weighted by Gasteiger charge is -2.08. The largest absolute Gasteiger partial charge is 0.373 e. The topological polar surface area (TPSA) is 54.0 Å². The Balaban J connectivity index is 2.50. The van der Waals surface area contributed by atoms with E-state index in [0.717, 1.165) is 12.8 Å². The molecule has 0 aliphatic carbocycles. The molecule has 0 saturated carbocycles. The molecule has 0 spiro atoms. The Kier molecular flexibility index (Phi) is 6.50. The SMILES string of the molecule is CCCCCCNC(=O)c1cc(NC)ncc1Cl. The maximum Gasteiger partial charge on any atom is 0.252 e. The van der Waals surface area contributed by atoms with Gasteiger partial charge in [-0.1, -0.05) is 37.8 Å². The van der Waals surface area contributed by atoms with Crippen molar-refractivity contribution in [1.82, 2.24) is 10.3 Å². The molecule has 0 radical (unpaired) electrons. The molecule has 0 fully saturated rings. The van der Waals surface area contributed by atoms with Crippen LogP contribution in [0.1, 0.15) is 43.0 Å². The van der Waals surface area contributed by atoms with Crippen LogP contribution in [0.3, 0.4) is 0 Å². The Morgan fingerprint density at radius 3 is 2.83 bits per heavy atom. The number of unbranched alkanes of at least 4 members (excludes halogenated alkanes) is 3. The highest BCUT2D eigenvalue weighted by Gasteiger charge is 2.11. The van der Waals surface area contributed by atoms with Crippen LogP contribution in [-0.2, 0) is 0 Å². The lowest BCUT2D eigenvalue weighted by Crippen LogP contribution is -2.25. The molecule has 1 amide bonds. The molecular formula is C13H20ClN3O. The number of hydrogen-bond acceptors (Lipinski definition) is 3. The average Bonchev–Trinajstić information content (AvgIpc) is 2.39. The summed E-state index contributed by atoms with van der Waals surface area (Å²) in [5.41, 5.74) is 0.464. The molecule has 0 bridgehead atoms. The first-order valence-corrected chi connectivity index (χ1v) is 6.68. The van der Waals surface area contributed by atoms with Gasteiger partial charge in [-0.25, -0.2) is 4.98 Å². The van der Waals surface area contributed by atoms with E-state index >= 15 is 0 Å². The van der Waals surface area contributed by atoms with Crippen LogP contribution in [0.5, 0.6) is 0 Å². The van der Waals surface area contributed by atoms with Crippen molar-refractivity contribution < 1.29 is 4.79 Å². The lowest BCUT2D eigenvalue weighted by atomic mass is 10.2. The minimum absolute atomic E-state index is 0.143. The predicted octanol–water partition coefficient (Wildman–Crippen LogP) is 3.09. The minimum Gasteiger partial charge on any atom is -0.373 e. The number of nitrogens with zero attached hydrogens (tertiary/aromatic N) is 1. The minimum atomic E-state index is -0.143. The predicted molar refractivity (Wildman–Crippen MR) is 75.3 cm³/mol. The van der Waals surface area contributed by atoms with Crippen LogP contribution in [0.25, 0.3) is 0 Å². The van der Waals surface area contributed by atoms with Crippen molar-refractivity contribution >= 4 is 23.3 Å². The standard InChI is InChI=1S/C13H20ClN3O/c1-3-4-5-6-7-16-13(18)10-8-12(15-2)17-9-11(10)14/h8-9H,3-7H2,1-2H3,(H,15,17)(H,16,18). The maximum absolute atomic E-state index is 11.9. The molecule has 0 atom stereocenters. The third-order valence-corrected chi connectivity index (χ3v) is 2.97. The number of anilines is 1. The number of nitrogens with one attached hydrogen (secondary N) is 2. The monoisotopic (exact) mass is 269 g/mol. The van der Waals surface area contributed by atoms with Crippen LogP contribution in [0.15, 0.2) is 12.3 Å². The van der Waals surface area contributed by atoms with Gasteiger partial charge in [0.25, 0.3) is 5.91 Å². The molecule has 0 aromatic carbocycles. The average molecular weight is 270 g/mol. The van der Waals surface area contributed by atoms with Crippen LogP contribution >= 0.6 is 11.6 Å². The fourth-order valence-corrected chi connectivity index (χ4v) is 1.79. The van der Waals surface area contributed by atoms with Gasteiger partial charge in [-0.3, -0.25) is 4.79 Å². The van der Waals surface area contributed by atoms with E-state index in [1.165, 1.54) is 19.0 Å². The highest BCUT2D eigenvalue weighted by Crippen LogP contribution is 2.17. The number of rotatable bonds is 7. The molecule has 1 rings (SSSR count). The highest BCUT2D eigenvalue weighted by molar-refractivity contribution is 6.33. The number of amides is 1. The molecular weight excluding hydrogens is 250 g/mol. The third kappa shape index (κ3) is 4.53. The maximum atomic E-state index is 11.9. The van der Waals surface area contributed by atoms with E-state index in [4.69, 9.17) is 11.6 Å². The molecule has 0 aliphatic rings. The summed E-state index contributed by atoms with van der Waals surface area (Å²) in [6.07, 6.45) is 6.02. The first-order chi connectivity index (χ1) is 8.69. The van der Waals surface area contributed by atoms with E-state index in [-0.39, 0.29) is 5.91 Å². The molecule has 0 saturated heterocycles. The van der Waals surface area contributed by atoms with Crippen molar-refractivity contribution in [3.05, 3.63) is 22.8 Å². The summed E-state index contributed by atoms with van der Waals surface area (Å²) < 4.78 is 0. The normalized spacial score (nSPS) is 10.2. The molecule has 4 nitrogen and oxygen atoms in total. The lowest BCUT2D eigenvalue weighted by molar-refractivity contribution is 0.0953. The third-order valence-electron chi connectivity index (χ3n) is 2.67. The summed E-state index contributed by atoms with van der Waals surface area (Å²) in [5.74, 6) is 0.492. The molecule has 100 valence electrons. The van der Waals surface area contributed by atoms with Gasteiger partial charge in [0, 0.05) is 19.8 Å².